The topological polar surface area (TPSA) is 58.6 Å². The standard InChI is InChI=1S/C14H22N2O3S2/c1-2-21(17,18)15-6-11-10-19-14-9-16(8-13(11)14)7-12-4-3-5-20-12/h3-5,11,13-15H,2,6-10H2,1H3/t11-,13+,14+/m1/s1. The average Bonchev–Trinajstić information content (AvgIpc) is 3.14. The highest BCUT2D eigenvalue weighted by Gasteiger charge is 2.43. The lowest BCUT2D eigenvalue weighted by molar-refractivity contribution is 0.0944. The Morgan fingerprint density at radius 3 is 3.05 bits per heavy atom. The Labute approximate surface area is 130 Å². The molecule has 21 heavy (non-hydrogen) atoms. The molecule has 5 nitrogen and oxygen atoms in total. The van der Waals surface area contributed by atoms with Crippen LogP contribution in [0.3, 0.4) is 0 Å². The molecule has 2 saturated heterocycles. The Hall–Kier alpha value is -0.470. The number of fused-ring (bicyclic) bond motifs is 1. The SMILES string of the molecule is CCS(=O)(=O)NC[C@@H]1CO[C@H]2CN(Cc3cccs3)C[C@@H]12. The minimum atomic E-state index is -3.11. The number of rotatable bonds is 6. The number of likely N-dealkylation sites (tertiary alicyclic amines) is 1. The maximum absolute atomic E-state index is 11.6. The second kappa shape index (κ2) is 6.34. The fourth-order valence-electron chi connectivity index (χ4n) is 3.18. The van der Waals surface area contributed by atoms with E-state index in [2.05, 4.69) is 27.1 Å². The van der Waals surface area contributed by atoms with E-state index in [4.69, 9.17) is 4.74 Å². The van der Waals surface area contributed by atoms with E-state index in [0.29, 0.717) is 25.0 Å². The fraction of sp³-hybridized carbons (Fsp3) is 0.714. The molecular formula is C14H22N2O3S2. The van der Waals surface area contributed by atoms with Crippen molar-refractivity contribution >= 4 is 21.4 Å². The summed E-state index contributed by atoms with van der Waals surface area (Å²) in [6.07, 6.45) is 0.265. The minimum Gasteiger partial charge on any atom is -0.376 e. The number of hydrogen-bond donors (Lipinski definition) is 1. The molecule has 0 amide bonds. The van der Waals surface area contributed by atoms with Crippen molar-refractivity contribution in [2.45, 2.75) is 19.6 Å². The third kappa shape index (κ3) is 3.65. The first-order chi connectivity index (χ1) is 10.1. The molecular weight excluding hydrogens is 308 g/mol. The maximum atomic E-state index is 11.6. The third-order valence-corrected chi connectivity index (χ3v) is 6.65. The van der Waals surface area contributed by atoms with Gasteiger partial charge in [-0.05, 0) is 18.4 Å². The molecule has 7 heteroatoms. The van der Waals surface area contributed by atoms with Gasteiger partial charge in [0.05, 0.1) is 18.5 Å². The van der Waals surface area contributed by atoms with E-state index >= 15 is 0 Å². The molecule has 0 unspecified atom stereocenters. The molecule has 1 aromatic rings. The molecule has 3 atom stereocenters. The third-order valence-electron chi connectivity index (χ3n) is 4.42. The Morgan fingerprint density at radius 1 is 1.48 bits per heavy atom. The molecule has 1 N–H and O–H groups in total. The highest BCUT2D eigenvalue weighted by Crippen LogP contribution is 2.34. The predicted octanol–water partition coefficient (Wildman–Crippen LogP) is 1.13. The van der Waals surface area contributed by atoms with Gasteiger partial charge >= 0.3 is 0 Å². The van der Waals surface area contributed by atoms with Gasteiger partial charge in [0, 0.05) is 42.9 Å². The average molecular weight is 330 g/mol. The van der Waals surface area contributed by atoms with Gasteiger partial charge in [-0.1, -0.05) is 6.07 Å². The first kappa shape index (κ1) is 15.4. The van der Waals surface area contributed by atoms with Crippen LogP contribution in [0.15, 0.2) is 17.5 Å². The second-order valence-corrected chi connectivity index (χ2v) is 8.95. The molecule has 118 valence electrons. The Kier molecular flexibility index (Phi) is 4.66. The molecule has 0 radical (unpaired) electrons. The Balaban J connectivity index is 1.54. The second-order valence-electron chi connectivity index (χ2n) is 5.82. The van der Waals surface area contributed by atoms with Crippen LogP contribution in [0.5, 0.6) is 0 Å². The summed E-state index contributed by atoms with van der Waals surface area (Å²) in [5, 5.41) is 2.10. The lowest BCUT2D eigenvalue weighted by Gasteiger charge is -2.19. The quantitative estimate of drug-likeness (QED) is 0.850. The number of hydrogen-bond acceptors (Lipinski definition) is 5. The monoisotopic (exact) mass is 330 g/mol. The van der Waals surface area contributed by atoms with Crippen molar-refractivity contribution in [3.05, 3.63) is 22.4 Å². The highest BCUT2D eigenvalue weighted by atomic mass is 32.2. The van der Waals surface area contributed by atoms with E-state index in [9.17, 15) is 8.42 Å². The summed E-state index contributed by atoms with van der Waals surface area (Å²) >= 11 is 1.78. The Bertz CT molecular complexity index is 559. The molecule has 1 aromatic heterocycles. The molecule has 0 saturated carbocycles. The number of nitrogens with zero attached hydrogens (tertiary/aromatic N) is 1. The van der Waals surface area contributed by atoms with Crippen LogP contribution in [0, 0.1) is 11.8 Å². The van der Waals surface area contributed by atoms with Gasteiger partial charge in [0.1, 0.15) is 0 Å². The molecule has 3 heterocycles. The van der Waals surface area contributed by atoms with Crippen LogP contribution in [0.25, 0.3) is 0 Å². The summed E-state index contributed by atoms with van der Waals surface area (Å²) in [6, 6.07) is 4.24. The first-order valence-corrected chi connectivity index (χ1v) is 9.94. The fourth-order valence-corrected chi connectivity index (χ4v) is 4.60. The molecule has 2 aliphatic rings. The predicted molar refractivity (Wildman–Crippen MR) is 83.8 cm³/mol. The van der Waals surface area contributed by atoms with Crippen LogP contribution in [0.2, 0.25) is 0 Å². The van der Waals surface area contributed by atoms with Gasteiger partial charge < -0.3 is 4.74 Å². The van der Waals surface area contributed by atoms with Crippen LogP contribution in [0.1, 0.15) is 11.8 Å². The zero-order chi connectivity index (χ0) is 14.9. The van der Waals surface area contributed by atoms with Crippen molar-refractivity contribution in [1.29, 1.82) is 0 Å². The molecule has 2 aliphatic heterocycles. The maximum Gasteiger partial charge on any atom is 0.211 e. The van der Waals surface area contributed by atoms with Gasteiger partial charge in [0.25, 0.3) is 0 Å². The van der Waals surface area contributed by atoms with E-state index in [1.54, 1.807) is 18.3 Å². The van der Waals surface area contributed by atoms with E-state index in [1.807, 2.05) is 0 Å². The normalized spacial score (nSPS) is 29.9. The summed E-state index contributed by atoms with van der Waals surface area (Å²) < 4.78 is 31.7. The molecule has 3 rings (SSSR count). The largest absolute Gasteiger partial charge is 0.376 e. The van der Waals surface area contributed by atoms with Gasteiger partial charge in [-0.15, -0.1) is 11.3 Å². The van der Waals surface area contributed by atoms with Crippen molar-refractivity contribution < 1.29 is 13.2 Å². The van der Waals surface area contributed by atoms with Gasteiger partial charge in [0.2, 0.25) is 10.0 Å². The molecule has 0 aromatic carbocycles. The van der Waals surface area contributed by atoms with E-state index in [-0.39, 0.29) is 11.9 Å². The van der Waals surface area contributed by atoms with Crippen molar-refractivity contribution in [3.8, 4) is 0 Å². The van der Waals surface area contributed by atoms with Crippen molar-refractivity contribution in [2.24, 2.45) is 11.8 Å². The zero-order valence-electron chi connectivity index (χ0n) is 12.2. The zero-order valence-corrected chi connectivity index (χ0v) is 13.8. The number of nitrogens with one attached hydrogen (secondary N) is 1. The number of sulfonamides is 1. The van der Waals surface area contributed by atoms with Gasteiger partial charge in [-0.25, -0.2) is 13.1 Å². The smallest absolute Gasteiger partial charge is 0.211 e. The lowest BCUT2D eigenvalue weighted by Crippen LogP contribution is -2.34. The van der Waals surface area contributed by atoms with Crippen molar-refractivity contribution in [3.63, 3.8) is 0 Å². The van der Waals surface area contributed by atoms with Crippen LogP contribution in [-0.4, -0.2) is 51.4 Å². The number of thiophene rings is 1. The van der Waals surface area contributed by atoms with Crippen LogP contribution < -0.4 is 4.72 Å². The molecule has 0 bridgehead atoms. The van der Waals surface area contributed by atoms with Crippen LogP contribution in [-0.2, 0) is 21.3 Å². The molecule has 0 spiro atoms. The summed E-state index contributed by atoms with van der Waals surface area (Å²) in [7, 11) is -3.11. The van der Waals surface area contributed by atoms with Crippen molar-refractivity contribution in [2.75, 3.05) is 32.0 Å². The van der Waals surface area contributed by atoms with Crippen molar-refractivity contribution in [1.82, 2.24) is 9.62 Å². The summed E-state index contributed by atoms with van der Waals surface area (Å²) in [4.78, 5) is 3.79. The van der Waals surface area contributed by atoms with Gasteiger partial charge in [0.15, 0.2) is 0 Å². The number of ether oxygens (including phenoxy) is 1. The van der Waals surface area contributed by atoms with Crippen LogP contribution >= 0.6 is 11.3 Å². The Morgan fingerprint density at radius 2 is 2.33 bits per heavy atom. The van der Waals surface area contributed by atoms with E-state index in [1.165, 1.54) is 4.88 Å². The molecule has 2 fully saturated rings. The summed E-state index contributed by atoms with van der Waals surface area (Å²) in [6.45, 7) is 5.77. The summed E-state index contributed by atoms with van der Waals surface area (Å²) in [5.74, 6) is 0.883. The molecule has 0 aliphatic carbocycles. The minimum absolute atomic E-state index is 0.138. The van der Waals surface area contributed by atoms with Gasteiger partial charge in [-0.3, -0.25) is 4.90 Å². The first-order valence-electron chi connectivity index (χ1n) is 7.41. The van der Waals surface area contributed by atoms with Crippen LogP contribution in [0.4, 0.5) is 0 Å². The van der Waals surface area contributed by atoms with Gasteiger partial charge in [-0.2, -0.15) is 0 Å². The van der Waals surface area contributed by atoms with E-state index < -0.39 is 10.0 Å². The summed E-state index contributed by atoms with van der Waals surface area (Å²) in [5.41, 5.74) is 0. The van der Waals surface area contributed by atoms with E-state index in [0.717, 1.165) is 19.6 Å². The lowest BCUT2D eigenvalue weighted by atomic mass is 9.93. The highest BCUT2D eigenvalue weighted by molar-refractivity contribution is 7.89.